The Morgan fingerprint density at radius 1 is 0.204 bits per heavy atom. The smallest absolute Gasteiger partial charge is 0.0136 e. The fourth-order valence-electron chi connectivity index (χ4n) is 6.72. The molecule has 8 aromatic rings. The predicted octanol–water partition coefficient (Wildman–Crippen LogP) is 14.0. The normalized spacial score (nSPS) is 11.0. The quantitative estimate of drug-likeness (QED) is 0.143. The van der Waals surface area contributed by atoms with Crippen LogP contribution in [0.4, 0.5) is 0 Å². The third-order valence-electron chi connectivity index (χ3n) is 9.12. The van der Waals surface area contributed by atoms with Crippen LogP contribution >= 0.6 is 22.6 Å². The summed E-state index contributed by atoms with van der Waals surface area (Å²) in [6.45, 7) is 0. The highest BCUT2D eigenvalue weighted by Gasteiger charge is 2.17. The summed E-state index contributed by atoms with van der Waals surface area (Å²) in [7, 11) is 0. The molecule has 8 rings (SSSR count). The summed E-state index contributed by atoms with van der Waals surface area (Å²) in [6.07, 6.45) is 0. The molecular weight excluding hydrogens is 703 g/mol. The third-order valence-corrected chi connectivity index (χ3v) is 9.79. The zero-order chi connectivity index (χ0) is 33.0. The first-order valence-electron chi connectivity index (χ1n) is 16.6. The highest BCUT2D eigenvalue weighted by atomic mass is 127. The number of rotatable bonds is 7. The van der Waals surface area contributed by atoms with Crippen LogP contribution in [0.1, 0.15) is 0 Å². The van der Waals surface area contributed by atoms with Crippen LogP contribution in [0.2, 0.25) is 0 Å². The molecule has 0 aromatic heterocycles. The fraction of sp³-hybridized carbons (Fsp3) is 0. The van der Waals surface area contributed by atoms with Gasteiger partial charge in [-0.3, -0.25) is 0 Å². The highest BCUT2D eigenvalue weighted by Crippen LogP contribution is 2.43. The lowest BCUT2D eigenvalue weighted by Crippen LogP contribution is -1.93. The van der Waals surface area contributed by atoms with Crippen molar-refractivity contribution in [2.75, 3.05) is 0 Å². The molecule has 0 radical (unpaired) electrons. The Hall–Kier alpha value is -5.51. The van der Waals surface area contributed by atoms with E-state index < -0.39 is 0 Å². The number of benzene rings is 8. The molecule has 0 nitrogen and oxygen atoms in total. The highest BCUT2D eigenvalue weighted by molar-refractivity contribution is 14.1. The van der Waals surface area contributed by atoms with E-state index in [0.717, 1.165) is 0 Å². The summed E-state index contributed by atoms with van der Waals surface area (Å²) in [4.78, 5) is 0. The summed E-state index contributed by atoms with van der Waals surface area (Å²) in [6, 6.07) is 72.5. The monoisotopic (exact) mass is 736 g/mol. The van der Waals surface area contributed by atoms with Gasteiger partial charge in [0.1, 0.15) is 0 Å². The molecule has 0 atom stereocenters. The molecule has 0 saturated heterocycles. The number of hydrogen-bond acceptors (Lipinski definition) is 0. The van der Waals surface area contributed by atoms with Crippen LogP contribution in [0.25, 0.3) is 77.9 Å². The molecule has 8 aromatic carbocycles. The summed E-state index contributed by atoms with van der Waals surface area (Å²) in [5.74, 6) is 0. The minimum absolute atomic E-state index is 1.20. The fourth-order valence-corrected chi connectivity index (χ4v) is 7.21. The van der Waals surface area contributed by atoms with Gasteiger partial charge in [0.2, 0.25) is 0 Å². The van der Waals surface area contributed by atoms with Gasteiger partial charge in [0, 0.05) is 3.57 Å². The lowest BCUT2D eigenvalue weighted by molar-refractivity contribution is 1.53. The van der Waals surface area contributed by atoms with Crippen molar-refractivity contribution in [2.45, 2.75) is 0 Å². The van der Waals surface area contributed by atoms with Gasteiger partial charge in [0.05, 0.1) is 0 Å². The maximum Gasteiger partial charge on any atom is 0.0136 e. The van der Waals surface area contributed by atoms with Gasteiger partial charge in [-0.05, 0) is 149 Å². The van der Waals surface area contributed by atoms with E-state index in [1.54, 1.807) is 0 Å². The SMILES string of the molecule is Ic1ccc(-c2ccccc2-c2cc(-c3ccccc3)cc(-c3ccccc3)c2)c(-c2cc(-c3ccccc3)cc(-c3ccccc3)c2)c1. The van der Waals surface area contributed by atoms with Crippen molar-refractivity contribution in [1.82, 2.24) is 0 Å². The van der Waals surface area contributed by atoms with Gasteiger partial charge in [-0.15, -0.1) is 0 Å². The lowest BCUT2D eigenvalue weighted by Gasteiger charge is -2.18. The van der Waals surface area contributed by atoms with Gasteiger partial charge in [-0.25, -0.2) is 0 Å². The lowest BCUT2D eigenvalue weighted by atomic mass is 9.86. The third kappa shape index (κ3) is 6.63. The van der Waals surface area contributed by atoms with E-state index in [1.165, 1.54) is 81.5 Å². The molecule has 0 amide bonds. The van der Waals surface area contributed by atoms with Crippen molar-refractivity contribution in [3.05, 3.63) is 204 Å². The van der Waals surface area contributed by atoms with E-state index in [4.69, 9.17) is 0 Å². The zero-order valence-electron chi connectivity index (χ0n) is 26.9. The molecule has 0 aliphatic rings. The molecule has 0 heterocycles. The van der Waals surface area contributed by atoms with Gasteiger partial charge in [-0.2, -0.15) is 0 Å². The van der Waals surface area contributed by atoms with Gasteiger partial charge in [0.15, 0.2) is 0 Å². The van der Waals surface area contributed by atoms with E-state index in [-0.39, 0.29) is 0 Å². The Bertz CT molecular complexity index is 2240. The Morgan fingerprint density at radius 3 is 0.918 bits per heavy atom. The van der Waals surface area contributed by atoms with E-state index in [2.05, 4.69) is 223 Å². The Morgan fingerprint density at radius 2 is 0.510 bits per heavy atom. The van der Waals surface area contributed by atoms with Crippen molar-refractivity contribution in [2.24, 2.45) is 0 Å². The zero-order valence-corrected chi connectivity index (χ0v) is 29.1. The molecular formula is C48H33I. The van der Waals surface area contributed by atoms with Crippen molar-refractivity contribution in [3.63, 3.8) is 0 Å². The summed E-state index contributed by atoms with van der Waals surface area (Å²) < 4.78 is 1.21. The van der Waals surface area contributed by atoms with E-state index >= 15 is 0 Å². The van der Waals surface area contributed by atoms with Crippen LogP contribution in [0, 0.1) is 3.57 Å². The Balaban J connectivity index is 1.34. The van der Waals surface area contributed by atoms with Crippen LogP contribution < -0.4 is 0 Å². The minimum atomic E-state index is 1.20. The Labute approximate surface area is 302 Å². The average Bonchev–Trinajstić information content (AvgIpc) is 3.19. The van der Waals surface area contributed by atoms with E-state index in [1.807, 2.05) is 0 Å². The first-order chi connectivity index (χ1) is 24.2. The van der Waals surface area contributed by atoms with E-state index in [0.29, 0.717) is 0 Å². The molecule has 0 aliphatic heterocycles. The van der Waals surface area contributed by atoms with Crippen LogP contribution in [0.5, 0.6) is 0 Å². The molecule has 0 unspecified atom stereocenters. The van der Waals surface area contributed by atoms with Crippen molar-refractivity contribution < 1.29 is 0 Å². The molecule has 0 fully saturated rings. The first-order valence-corrected chi connectivity index (χ1v) is 17.7. The topological polar surface area (TPSA) is 0 Å². The first kappa shape index (κ1) is 30.8. The molecule has 0 bridgehead atoms. The van der Waals surface area contributed by atoms with Crippen LogP contribution in [0.15, 0.2) is 200 Å². The van der Waals surface area contributed by atoms with Crippen molar-refractivity contribution in [3.8, 4) is 77.9 Å². The molecule has 232 valence electrons. The van der Waals surface area contributed by atoms with Gasteiger partial charge in [0.25, 0.3) is 0 Å². The number of hydrogen-bond donors (Lipinski definition) is 0. The molecule has 1 heteroatoms. The summed E-state index contributed by atoms with van der Waals surface area (Å²) >= 11 is 2.45. The summed E-state index contributed by atoms with van der Waals surface area (Å²) in [5.41, 5.74) is 16.9. The predicted molar refractivity (Wildman–Crippen MR) is 217 cm³/mol. The minimum Gasteiger partial charge on any atom is -0.0622 e. The molecule has 0 N–H and O–H groups in total. The maximum atomic E-state index is 2.45. The maximum absolute atomic E-state index is 2.45. The van der Waals surface area contributed by atoms with Crippen LogP contribution in [-0.2, 0) is 0 Å². The largest absolute Gasteiger partial charge is 0.0622 e. The number of halogens is 1. The second-order valence-corrected chi connectivity index (χ2v) is 13.5. The van der Waals surface area contributed by atoms with Crippen LogP contribution in [-0.4, -0.2) is 0 Å². The molecule has 0 saturated carbocycles. The summed E-state index contributed by atoms with van der Waals surface area (Å²) in [5, 5.41) is 0. The van der Waals surface area contributed by atoms with Gasteiger partial charge < -0.3 is 0 Å². The van der Waals surface area contributed by atoms with E-state index in [9.17, 15) is 0 Å². The molecule has 0 spiro atoms. The van der Waals surface area contributed by atoms with Crippen molar-refractivity contribution in [1.29, 1.82) is 0 Å². The molecule has 0 aliphatic carbocycles. The second-order valence-electron chi connectivity index (χ2n) is 12.3. The van der Waals surface area contributed by atoms with Gasteiger partial charge >= 0.3 is 0 Å². The Kier molecular flexibility index (Phi) is 8.75. The standard InChI is InChI=1S/C48H33I/c49-44-25-26-47(48(33-44)43-31-40(36-19-9-3-10-20-36)28-41(32-43)37-21-11-4-12-22-37)46-24-14-13-23-45(46)42-29-38(34-15-5-1-6-16-34)27-39(30-42)35-17-7-2-8-18-35/h1-33H. The second kappa shape index (κ2) is 13.9. The van der Waals surface area contributed by atoms with Gasteiger partial charge in [-0.1, -0.05) is 152 Å². The van der Waals surface area contributed by atoms with Crippen LogP contribution in [0.3, 0.4) is 0 Å². The van der Waals surface area contributed by atoms with Crippen molar-refractivity contribution >= 4 is 22.6 Å². The molecule has 49 heavy (non-hydrogen) atoms. The average molecular weight is 737 g/mol.